The van der Waals surface area contributed by atoms with Crippen molar-refractivity contribution in [1.29, 1.82) is 0 Å². The van der Waals surface area contributed by atoms with Gasteiger partial charge < -0.3 is 4.98 Å². The molecule has 1 N–H and O–H groups in total. The number of nitrogens with zero attached hydrogens (tertiary/aromatic N) is 1. The monoisotopic (exact) mass is 194 g/mol. The first kappa shape index (κ1) is 8.68. The number of aryl methyl sites for hydroxylation is 1. The highest BCUT2D eigenvalue weighted by molar-refractivity contribution is 5.89. The molecule has 0 spiro atoms. The maximum Gasteiger partial charge on any atom is 0.278 e. The molecule has 2 aromatic rings. The van der Waals surface area contributed by atoms with Crippen LogP contribution >= 0.6 is 0 Å². The molecular formula is C9H7FN2O2. The molecule has 0 saturated heterocycles. The summed E-state index contributed by atoms with van der Waals surface area (Å²) in [7, 11) is 0. The van der Waals surface area contributed by atoms with Crippen LogP contribution in [0, 0.1) is 22.9 Å². The summed E-state index contributed by atoms with van der Waals surface area (Å²) in [4.78, 5) is 12.8. The van der Waals surface area contributed by atoms with E-state index in [1.165, 1.54) is 6.07 Å². The molecule has 0 bridgehead atoms. The second-order valence-electron chi connectivity index (χ2n) is 3.06. The third-order valence-electron chi connectivity index (χ3n) is 2.05. The first-order valence-corrected chi connectivity index (χ1v) is 4.02. The summed E-state index contributed by atoms with van der Waals surface area (Å²) in [5.74, 6) is -0.473. The van der Waals surface area contributed by atoms with E-state index in [1.807, 2.05) is 0 Å². The lowest BCUT2D eigenvalue weighted by Crippen LogP contribution is -1.89. The fourth-order valence-electron chi connectivity index (χ4n) is 1.46. The lowest BCUT2D eigenvalue weighted by atomic mass is 10.2. The van der Waals surface area contributed by atoms with Gasteiger partial charge in [0.05, 0.1) is 15.8 Å². The van der Waals surface area contributed by atoms with Crippen molar-refractivity contribution in [2.75, 3.05) is 0 Å². The summed E-state index contributed by atoms with van der Waals surface area (Å²) in [5.41, 5.74) is 0.815. The second kappa shape index (κ2) is 2.80. The average molecular weight is 194 g/mol. The van der Waals surface area contributed by atoms with E-state index in [0.29, 0.717) is 11.1 Å². The Morgan fingerprint density at radius 2 is 2.21 bits per heavy atom. The van der Waals surface area contributed by atoms with Crippen molar-refractivity contribution in [3.05, 3.63) is 39.8 Å². The van der Waals surface area contributed by atoms with Gasteiger partial charge in [-0.05, 0) is 19.1 Å². The third kappa shape index (κ3) is 1.14. The molecular weight excluding hydrogens is 187 g/mol. The SMILES string of the molecule is Cc1cc2c([N+](=O)[O-])ccc(F)c2[nH]1. The minimum atomic E-state index is -0.519. The third-order valence-corrected chi connectivity index (χ3v) is 2.05. The number of H-pyrrole nitrogens is 1. The molecule has 0 amide bonds. The van der Waals surface area contributed by atoms with Gasteiger partial charge in [0.25, 0.3) is 5.69 Å². The van der Waals surface area contributed by atoms with Crippen LogP contribution in [0.25, 0.3) is 10.9 Å². The van der Waals surface area contributed by atoms with Gasteiger partial charge in [-0.25, -0.2) is 4.39 Å². The molecule has 1 heterocycles. The zero-order chi connectivity index (χ0) is 10.3. The largest absolute Gasteiger partial charge is 0.356 e. The molecule has 0 atom stereocenters. The van der Waals surface area contributed by atoms with Gasteiger partial charge in [0.15, 0.2) is 0 Å². The predicted octanol–water partition coefficient (Wildman–Crippen LogP) is 2.52. The van der Waals surface area contributed by atoms with E-state index in [1.54, 1.807) is 13.0 Å². The number of hydrogen-bond acceptors (Lipinski definition) is 2. The summed E-state index contributed by atoms with van der Waals surface area (Å²) in [6.07, 6.45) is 0. The average Bonchev–Trinajstić information content (AvgIpc) is 2.47. The smallest absolute Gasteiger partial charge is 0.278 e. The van der Waals surface area contributed by atoms with Crippen LogP contribution in [0.2, 0.25) is 0 Å². The lowest BCUT2D eigenvalue weighted by Gasteiger charge is -1.94. The number of fused-ring (bicyclic) bond motifs is 1. The van der Waals surface area contributed by atoms with Crippen molar-refractivity contribution in [1.82, 2.24) is 4.98 Å². The number of hydrogen-bond donors (Lipinski definition) is 1. The standard InChI is InChI=1S/C9H7FN2O2/c1-5-4-6-8(12(13)14)3-2-7(10)9(6)11-5/h2-4,11H,1H3. The van der Waals surface area contributed by atoms with Crippen LogP contribution in [0.4, 0.5) is 10.1 Å². The molecule has 0 aliphatic carbocycles. The van der Waals surface area contributed by atoms with E-state index >= 15 is 0 Å². The number of benzene rings is 1. The van der Waals surface area contributed by atoms with E-state index in [9.17, 15) is 14.5 Å². The lowest BCUT2D eigenvalue weighted by molar-refractivity contribution is -0.383. The molecule has 0 unspecified atom stereocenters. The van der Waals surface area contributed by atoms with Crippen LogP contribution in [0.3, 0.4) is 0 Å². The van der Waals surface area contributed by atoms with Gasteiger partial charge in [-0.3, -0.25) is 10.1 Å². The van der Waals surface area contributed by atoms with Crippen LogP contribution in [-0.4, -0.2) is 9.91 Å². The molecule has 72 valence electrons. The zero-order valence-electron chi connectivity index (χ0n) is 7.37. The number of halogens is 1. The maximum absolute atomic E-state index is 13.2. The highest BCUT2D eigenvalue weighted by Crippen LogP contribution is 2.27. The number of aromatic amines is 1. The fraction of sp³-hybridized carbons (Fsp3) is 0.111. The van der Waals surface area contributed by atoms with Crippen molar-refractivity contribution in [3.63, 3.8) is 0 Å². The van der Waals surface area contributed by atoms with Crippen molar-refractivity contribution in [2.45, 2.75) is 6.92 Å². The Morgan fingerprint density at radius 3 is 2.86 bits per heavy atom. The molecule has 0 aliphatic heterocycles. The molecule has 0 aliphatic rings. The highest BCUT2D eigenvalue weighted by atomic mass is 19.1. The Morgan fingerprint density at radius 1 is 1.50 bits per heavy atom. The topological polar surface area (TPSA) is 58.9 Å². The Kier molecular flexibility index (Phi) is 1.73. The zero-order valence-corrected chi connectivity index (χ0v) is 7.37. The van der Waals surface area contributed by atoms with Crippen molar-refractivity contribution >= 4 is 16.6 Å². The first-order valence-electron chi connectivity index (χ1n) is 4.02. The van der Waals surface area contributed by atoms with Crippen molar-refractivity contribution in [3.8, 4) is 0 Å². The number of non-ortho nitro benzene ring substituents is 1. The Hall–Kier alpha value is -1.91. The summed E-state index contributed by atoms with van der Waals surface area (Å²) in [5, 5.41) is 10.9. The van der Waals surface area contributed by atoms with Crippen LogP contribution in [0.1, 0.15) is 5.69 Å². The highest BCUT2D eigenvalue weighted by Gasteiger charge is 2.15. The maximum atomic E-state index is 13.2. The molecule has 1 aromatic carbocycles. The first-order chi connectivity index (χ1) is 6.59. The van der Waals surface area contributed by atoms with Gasteiger partial charge in [0.2, 0.25) is 0 Å². The molecule has 4 nitrogen and oxygen atoms in total. The van der Waals surface area contributed by atoms with Gasteiger partial charge in [0, 0.05) is 11.8 Å². The van der Waals surface area contributed by atoms with Crippen molar-refractivity contribution < 1.29 is 9.31 Å². The number of nitro benzene ring substituents is 1. The molecule has 5 heteroatoms. The number of rotatable bonds is 1. The van der Waals surface area contributed by atoms with Gasteiger partial charge in [-0.15, -0.1) is 0 Å². The number of nitrogens with one attached hydrogen (secondary N) is 1. The summed E-state index contributed by atoms with van der Waals surface area (Å²) in [6, 6.07) is 3.83. The quantitative estimate of drug-likeness (QED) is 0.560. The Bertz CT molecular complexity index is 519. The molecule has 2 rings (SSSR count). The van der Waals surface area contributed by atoms with E-state index < -0.39 is 10.7 Å². The molecule has 0 fully saturated rings. The Balaban J connectivity index is 2.87. The van der Waals surface area contributed by atoms with Crippen LogP contribution in [0.5, 0.6) is 0 Å². The van der Waals surface area contributed by atoms with Gasteiger partial charge >= 0.3 is 0 Å². The van der Waals surface area contributed by atoms with E-state index in [4.69, 9.17) is 0 Å². The van der Waals surface area contributed by atoms with Crippen LogP contribution in [0.15, 0.2) is 18.2 Å². The van der Waals surface area contributed by atoms with Gasteiger partial charge in [0.1, 0.15) is 5.82 Å². The van der Waals surface area contributed by atoms with E-state index in [0.717, 1.165) is 6.07 Å². The molecule has 1 aromatic heterocycles. The summed E-state index contributed by atoms with van der Waals surface area (Å²) < 4.78 is 13.2. The molecule has 0 radical (unpaired) electrons. The van der Waals surface area contributed by atoms with Crippen molar-refractivity contribution in [2.24, 2.45) is 0 Å². The fourth-order valence-corrected chi connectivity index (χ4v) is 1.46. The summed E-state index contributed by atoms with van der Waals surface area (Å²) >= 11 is 0. The van der Waals surface area contributed by atoms with Gasteiger partial charge in [-0.1, -0.05) is 0 Å². The van der Waals surface area contributed by atoms with Crippen LogP contribution < -0.4 is 0 Å². The van der Waals surface area contributed by atoms with Crippen LogP contribution in [-0.2, 0) is 0 Å². The number of aromatic nitrogens is 1. The minimum Gasteiger partial charge on any atom is -0.356 e. The predicted molar refractivity (Wildman–Crippen MR) is 49.6 cm³/mol. The van der Waals surface area contributed by atoms with E-state index in [2.05, 4.69) is 4.98 Å². The summed E-state index contributed by atoms with van der Waals surface area (Å²) in [6.45, 7) is 1.73. The van der Waals surface area contributed by atoms with Gasteiger partial charge in [-0.2, -0.15) is 0 Å². The Labute approximate surface area is 78.5 Å². The second-order valence-corrected chi connectivity index (χ2v) is 3.06. The molecule has 14 heavy (non-hydrogen) atoms. The normalized spacial score (nSPS) is 10.7. The number of nitro groups is 1. The molecule has 0 saturated carbocycles. The minimum absolute atomic E-state index is 0.0780. The van der Waals surface area contributed by atoms with E-state index in [-0.39, 0.29) is 11.2 Å².